The molecule has 0 bridgehead atoms. The Hall–Kier alpha value is -1.65. The number of hydrogen-bond acceptors (Lipinski definition) is 4. The van der Waals surface area contributed by atoms with Crippen molar-refractivity contribution < 1.29 is 9.52 Å². The summed E-state index contributed by atoms with van der Waals surface area (Å²) < 4.78 is 5.49. The molecule has 0 spiro atoms. The van der Waals surface area contributed by atoms with Crippen molar-refractivity contribution in [1.29, 1.82) is 0 Å². The summed E-state index contributed by atoms with van der Waals surface area (Å²) in [6, 6.07) is 3.37. The second-order valence-electron chi connectivity index (χ2n) is 4.69. The van der Waals surface area contributed by atoms with Gasteiger partial charge >= 0.3 is 0 Å². The van der Waals surface area contributed by atoms with Crippen molar-refractivity contribution >= 4 is 11.0 Å². The Morgan fingerprint density at radius 2 is 2.11 bits per heavy atom. The zero-order valence-electron chi connectivity index (χ0n) is 10.6. The molecule has 2 aromatic rings. The van der Waals surface area contributed by atoms with Crippen molar-refractivity contribution in [3.05, 3.63) is 45.3 Å². The molecule has 1 unspecified atom stereocenters. The molecule has 2 rings (SSSR count). The summed E-state index contributed by atoms with van der Waals surface area (Å²) in [6.45, 7) is 3.70. The topological polar surface area (TPSA) is 76.5 Å². The van der Waals surface area contributed by atoms with E-state index in [1.807, 2.05) is 26.0 Å². The summed E-state index contributed by atoms with van der Waals surface area (Å²) >= 11 is 0. The molecular formula is C14H17NO3. The number of hydrogen-bond donors (Lipinski definition) is 2. The maximum Gasteiger partial charge on any atom is 0.196 e. The molecule has 0 aliphatic heterocycles. The van der Waals surface area contributed by atoms with E-state index >= 15 is 0 Å². The predicted octanol–water partition coefficient (Wildman–Crippen LogP) is 1.27. The molecule has 4 nitrogen and oxygen atoms in total. The first-order valence-electron chi connectivity index (χ1n) is 5.91. The number of aryl methyl sites for hydroxylation is 2. The van der Waals surface area contributed by atoms with Gasteiger partial charge < -0.3 is 15.3 Å². The minimum Gasteiger partial charge on any atom is -0.464 e. The van der Waals surface area contributed by atoms with E-state index < -0.39 is 6.04 Å². The quantitative estimate of drug-likeness (QED) is 0.856. The highest BCUT2D eigenvalue weighted by molar-refractivity contribution is 5.81. The zero-order chi connectivity index (χ0) is 13.3. The van der Waals surface area contributed by atoms with Crippen LogP contribution in [0.1, 0.15) is 16.7 Å². The van der Waals surface area contributed by atoms with Crippen LogP contribution in [0.4, 0.5) is 0 Å². The molecular weight excluding hydrogens is 230 g/mol. The Kier molecular flexibility index (Phi) is 3.50. The van der Waals surface area contributed by atoms with E-state index in [-0.39, 0.29) is 12.0 Å². The van der Waals surface area contributed by atoms with Gasteiger partial charge in [-0.2, -0.15) is 0 Å². The van der Waals surface area contributed by atoms with E-state index in [2.05, 4.69) is 0 Å². The van der Waals surface area contributed by atoms with Gasteiger partial charge in [0.1, 0.15) is 5.58 Å². The summed E-state index contributed by atoms with van der Waals surface area (Å²) in [6.07, 6.45) is 1.77. The van der Waals surface area contributed by atoms with Crippen LogP contribution in [0.2, 0.25) is 0 Å². The molecule has 18 heavy (non-hydrogen) atoms. The average molecular weight is 247 g/mol. The van der Waals surface area contributed by atoms with Crippen LogP contribution in [0.5, 0.6) is 0 Å². The first kappa shape index (κ1) is 12.8. The fourth-order valence-corrected chi connectivity index (χ4v) is 2.15. The van der Waals surface area contributed by atoms with Crippen LogP contribution in [0.15, 0.2) is 27.6 Å². The summed E-state index contributed by atoms with van der Waals surface area (Å²) in [4.78, 5) is 12.3. The molecule has 0 aliphatic rings. The SMILES string of the molecule is Cc1cc(C)c2c(=O)c(CC(N)CO)coc2c1. The molecule has 1 aromatic carbocycles. The molecule has 0 radical (unpaired) electrons. The maximum atomic E-state index is 12.3. The molecule has 1 heterocycles. The van der Waals surface area contributed by atoms with E-state index in [0.29, 0.717) is 23.0 Å². The molecule has 3 N–H and O–H groups in total. The smallest absolute Gasteiger partial charge is 0.196 e. The Balaban J connectivity index is 2.61. The molecule has 96 valence electrons. The molecule has 0 fully saturated rings. The highest BCUT2D eigenvalue weighted by atomic mass is 16.3. The minimum atomic E-state index is -0.434. The molecule has 0 saturated carbocycles. The van der Waals surface area contributed by atoms with Gasteiger partial charge in [-0.3, -0.25) is 4.79 Å². The van der Waals surface area contributed by atoms with E-state index in [1.54, 1.807) is 0 Å². The standard InChI is InChI=1S/C14H17NO3/c1-8-3-9(2)13-12(4-8)18-7-10(14(13)17)5-11(15)6-16/h3-4,7,11,16H,5-6,15H2,1-2H3. The minimum absolute atomic E-state index is 0.0577. The fourth-order valence-electron chi connectivity index (χ4n) is 2.15. The average Bonchev–Trinajstić information content (AvgIpc) is 2.31. The van der Waals surface area contributed by atoms with Gasteiger partial charge in [-0.15, -0.1) is 0 Å². The largest absolute Gasteiger partial charge is 0.464 e. The summed E-state index contributed by atoms with van der Waals surface area (Å²) in [5, 5.41) is 9.53. The highest BCUT2D eigenvalue weighted by Gasteiger charge is 2.12. The molecule has 1 atom stereocenters. The normalized spacial score (nSPS) is 12.9. The Labute approximate surface area is 105 Å². The third-order valence-electron chi connectivity index (χ3n) is 3.01. The lowest BCUT2D eigenvalue weighted by Gasteiger charge is -2.09. The molecule has 0 saturated heterocycles. The first-order chi connectivity index (χ1) is 8.52. The van der Waals surface area contributed by atoms with E-state index in [4.69, 9.17) is 15.3 Å². The van der Waals surface area contributed by atoms with Gasteiger partial charge in [0.25, 0.3) is 0 Å². The number of aliphatic hydroxyl groups excluding tert-OH is 1. The predicted molar refractivity (Wildman–Crippen MR) is 70.7 cm³/mol. The Bertz CT molecular complexity index is 631. The lowest BCUT2D eigenvalue weighted by Crippen LogP contribution is -2.29. The van der Waals surface area contributed by atoms with E-state index in [1.165, 1.54) is 6.26 Å². The number of aliphatic hydroxyl groups is 1. The van der Waals surface area contributed by atoms with Crippen LogP contribution in [-0.4, -0.2) is 17.8 Å². The monoisotopic (exact) mass is 247 g/mol. The molecule has 0 aliphatic carbocycles. The van der Waals surface area contributed by atoms with Crippen molar-refractivity contribution in [3.63, 3.8) is 0 Å². The van der Waals surface area contributed by atoms with E-state index in [9.17, 15) is 4.79 Å². The van der Waals surface area contributed by atoms with Gasteiger partial charge in [0.2, 0.25) is 0 Å². The third-order valence-corrected chi connectivity index (χ3v) is 3.01. The van der Waals surface area contributed by atoms with Crippen LogP contribution in [-0.2, 0) is 6.42 Å². The Morgan fingerprint density at radius 3 is 2.78 bits per heavy atom. The van der Waals surface area contributed by atoms with Crippen molar-refractivity contribution in [2.75, 3.05) is 6.61 Å². The second-order valence-corrected chi connectivity index (χ2v) is 4.69. The van der Waals surface area contributed by atoms with Gasteiger partial charge in [0.05, 0.1) is 18.3 Å². The summed E-state index contributed by atoms with van der Waals surface area (Å²) in [5.74, 6) is 0. The summed E-state index contributed by atoms with van der Waals surface area (Å²) in [7, 11) is 0. The number of nitrogens with two attached hydrogens (primary N) is 1. The van der Waals surface area contributed by atoms with Gasteiger partial charge in [-0.25, -0.2) is 0 Å². The van der Waals surface area contributed by atoms with Crippen molar-refractivity contribution in [3.8, 4) is 0 Å². The van der Waals surface area contributed by atoms with Gasteiger partial charge in [-0.05, 0) is 37.5 Å². The Morgan fingerprint density at radius 1 is 1.39 bits per heavy atom. The number of benzene rings is 1. The third kappa shape index (κ3) is 2.30. The van der Waals surface area contributed by atoms with Crippen molar-refractivity contribution in [2.24, 2.45) is 5.73 Å². The van der Waals surface area contributed by atoms with Crippen LogP contribution in [0.3, 0.4) is 0 Å². The fraction of sp³-hybridized carbons (Fsp3) is 0.357. The lowest BCUT2D eigenvalue weighted by atomic mass is 10.0. The maximum absolute atomic E-state index is 12.3. The number of rotatable bonds is 3. The van der Waals surface area contributed by atoms with Crippen LogP contribution in [0, 0.1) is 13.8 Å². The van der Waals surface area contributed by atoms with Crippen molar-refractivity contribution in [2.45, 2.75) is 26.3 Å². The van der Waals surface area contributed by atoms with Crippen molar-refractivity contribution in [1.82, 2.24) is 0 Å². The summed E-state index contributed by atoms with van der Waals surface area (Å²) in [5.41, 5.74) is 8.66. The van der Waals surface area contributed by atoms with E-state index in [0.717, 1.165) is 11.1 Å². The highest BCUT2D eigenvalue weighted by Crippen LogP contribution is 2.18. The first-order valence-corrected chi connectivity index (χ1v) is 5.91. The molecule has 0 amide bonds. The second kappa shape index (κ2) is 4.92. The van der Waals surface area contributed by atoms with Crippen LogP contribution in [0.25, 0.3) is 11.0 Å². The van der Waals surface area contributed by atoms with Crippen LogP contribution < -0.4 is 11.2 Å². The molecule has 4 heteroatoms. The molecule has 1 aromatic heterocycles. The zero-order valence-corrected chi connectivity index (χ0v) is 10.6. The van der Waals surface area contributed by atoms with Gasteiger partial charge in [0, 0.05) is 11.6 Å². The lowest BCUT2D eigenvalue weighted by molar-refractivity contribution is 0.265. The van der Waals surface area contributed by atoms with Crippen LogP contribution >= 0.6 is 0 Å². The number of fused-ring (bicyclic) bond motifs is 1. The van der Waals surface area contributed by atoms with Gasteiger partial charge in [0.15, 0.2) is 5.43 Å². The van der Waals surface area contributed by atoms with Gasteiger partial charge in [-0.1, -0.05) is 6.07 Å².